The van der Waals surface area contributed by atoms with Gasteiger partial charge in [-0.05, 0) is 62.6 Å². The first-order chi connectivity index (χ1) is 15.7. The standard InChI is InChI=1S/C10H14BrN3O2S.C10H12BrN3O2/c1-14-6-7(11)5-8(9(14)16)13-10(17)12-3-2-4-15;1-14-6-7(11)5-8(9(14)15)13-10-12-3-2-4-16-10/h5-6,15H,2-4H2,1H3,(H2,12,13,17);5-6H,2-4H2,1H3,(H,12,13). The Morgan fingerprint density at radius 2 is 1.76 bits per heavy atom. The number of pyridine rings is 2. The number of ether oxygens (including phenoxy) is 1. The molecule has 0 radical (unpaired) electrons. The van der Waals surface area contributed by atoms with Gasteiger partial charge in [-0.25, -0.2) is 4.99 Å². The van der Waals surface area contributed by atoms with E-state index in [1.54, 1.807) is 38.6 Å². The van der Waals surface area contributed by atoms with Crippen LogP contribution in [-0.4, -0.2) is 51.7 Å². The fraction of sp³-hybridized carbons (Fsp3) is 0.400. The molecule has 0 aliphatic carbocycles. The van der Waals surface area contributed by atoms with E-state index in [1.807, 2.05) is 0 Å². The summed E-state index contributed by atoms with van der Waals surface area (Å²) in [7, 11) is 3.36. The van der Waals surface area contributed by atoms with E-state index in [0.717, 1.165) is 21.9 Å². The molecule has 3 rings (SSSR count). The van der Waals surface area contributed by atoms with Crippen molar-refractivity contribution in [2.75, 3.05) is 36.9 Å². The Balaban J connectivity index is 0.000000234. The van der Waals surface area contributed by atoms with E-state index in [-0.39, 0.29) is 17.7 Å². The average Bonchev–Trinajstić information content (AvgIpc) is 2.76. The van der Waals surface area contributed by atoms with Gasteiger partial charge in [-0.3, -0.25) is 9.59 Å². The lowest BCUT2D eigenvalue weighted by molar-refractivity contribution is 0.282. The van der Waals surface area contributed by atoms with E-state index in [1.165, 1.54) is 9.13 Å². The van der Waals surface area contributed by atoms with Crippen LogP contribution in [0.15, 0.2) is 48.1 Å². The van der Waals surface area contributed by atoms with Gasteiger partial charge in [0.25, 0.3) is 17.1 Å². The van der Waals surface area contributed by atoms with Crippen LogP contribution >= 0.6 is 44.1 Å². The molecule has 13 heteroatoms. The molecule has 2 aromatic rings. The molecule has 1 aliphatic heterocycles. The SMILES string of the molecule is Cn1cc(Br)cc(NC(=S)NCCCO)c1=O.Cn1cc(Br)cc(NC2=NCCCO2)c1=O. The maximum atomic E-state index is 11.8. The van der Waals surface area contributed by atoms with Gasteiger partial charge in [0.1, 0.15) is 11.4 Å². The van der Waals surface area contributed by atoms with Crippen LogP contribution in [0.2, 0.25) is 0 Å². The lowest BCUT2D eigenvalue weighted by atomic mass is 10.4. The first-order valence-electron chi connectivity index (χ1n) is 10.0. The number of aliphatic hydroxyl groups is 1. The molecule has 0 aromatic carbocycles. The Morgan fingerprint density at radius 1 is 1.15 bits per heavy atom. The Hall–Kier alpha value is -2.22. The first-order valence-corrected chi connectivity index (χ1v) is 12.0. The van der Waals surface area contributed by atoms with Gasteiger partial charge in [0.2, 0.25) is 0 Å². The summed E-state index contributed by atoms with van der Waals surface area (Å²) in [5.41, 5.74) is 0.598. The third kappa shape index (κ3) is 8.91. The van der Waals surface area contributed by atoms with Crippen LogP contribution in [-0.2, 0) is 18.8 Å². The molecule has 0 bridgehead atoms. The quantitative estimate of drug-likeness (QED) is 0.302. The largest absolute Gasteiger partial charge is 0.465 e. The van der Waals surface area contributed by atoms with E-state index in [9.17, 15) is 9.59 Å². The summed E-state index contributed by atoms with van der Waals surface area (Å²) in [6.07, 6.45) is 4.91. The van der Waals surface area contributed by atoms with Crippen molar-refractivity contribution in [3.05, 3.63) is 54.2 Å². The number of nitrogens with one attached hydrogen (secondary N) is 3. The molecule has 2 aromatic heterocycles. The molecule has 1 aliphatic rings. The highest BCUT2D eigenvalue weighted by atomic mass is 79.9. The number of nitrogens with zero attached hydrogens (tertiary/aromatic N) is 3. The number of aliphatic imine (C=N–C) groups is 1. The Bertz CT molecular complexity index is 1120. The molecular formula is C20H26Br2N6O4S. The number of hydrogen-bond acceptors (Lipinski definition) is 7. The second kappa shape index (κ2) is 13.5. The summed E-state index contributed by atoms with van der Waals surface area (Å²) in [5, 5.41) is 17.6. The molecule has 0 saturated heterocycles. The molecule has 180 valence electrons. The molecule has 0 spiro atoms. The lowest BCUT2D eigenvalue weighted by Crippen LogP contribution is -2.32. The molecule has 4 N–H and O–H groups in total. The lowest BCUT2D eigenvalue weighted by Gasteiger charge is -2.15. The number of aliphatic hydroxyl groups excluding tert-OH is 1. The van der Waals surface area contributed by atoms with Gasteiger partial charge in [0, 0.05) is 61.6 Å². The Morgan fingerprint density at radius 3 is 2.33 bits per heavy atom. The molecule has 0 unspecified atom stereocenters. The fourth-order valence-corrected chi connectivity index (χ4v) is 3.90. The maximum Gasteiger partial charge on any atom is 0.289 e. The van der Waals surface area contributed by atoms with Crippen molar-refractivity contribution in [3.8, 4) is 0 Å². The van der Waals surface area contributed by atoms with E-state index >= 15 is 0 Å². The normalized spacial score (nSPS) is 12.6. The summed E-state index contributed by atoms with van der Waals surface area (Å²) >= 11 is 11.7. The van der Waals surface area contributed by atoms with Gasteiger partial charge in [0.15, 0.2) is 5.11 Å². The molecular weight excluding hydrogens is 580 g/mol. The number of rotatable bonds is 5. The van der Waals surface area contributed by atoms with Gasteiger partial charge >= 0.3 is 0 Å². The van der Waals surface area contributed by atoms with E-state index in [0.29, 0.717) is 42.1 Å². The number of aryl methyl sites for hydroxylation is 2. The fourth-order valence-electron chi connectivity index (χ4n) is 2.62. The predicted molar refractivity (Wildman–Crippen MR) is 141 cm³/mol. The smallest absolute Gasteiger partial charge is 0.289 e. The highest BCUT2D eigenvalue weighted by Crippen LogP contribution is 2.12. The van der Waals surface area contributed by atoms with Crippen LogP contribution in [0.4, 0.5) is 11.4 Å². The van der Waals surface area contributed by atoms with Crippen LogP contribution in [0.5, 0.6) is 0 Å². The monoisotopic (exact) mass is 604 g/mol. The maximum absolute atomic E-state index is 11.8. The van der Waals surface area contributed by atoms with Crippen molar-refractivity contribution in [2.24, 2.45) is 19.1 Å². The van der Waals surface area contributed by atoms with Gasteiger partial charge < -0.3 is 34.9 Å². The average molecular weight is 606 g/mol. The molecule has 0 saturated carbocycles. The number of halogens is 2. The highest BCUT2D eigenvalue weighted by Gasteiger charge is 2.10. The number of anilines is 2. The second-order valence-electron chi connectivity index (χ2n) is 6.95. The molecule has 3 heterocycles. The van der Waals surface area contributed by atoms with Crippen molar-refractivity contribution >= 4 is 66.6 Å². The molecule has 33 heavy (non-hydrogen) atoms. The van der Waals surface area contributed by atoms with Crippen molar-refractivity contribution in [3.63, 3.8) is 0 Å². The summed E-state index contributed by atoms with van der Waals surface area (Å²) in [6, 6.07) is 3.80. The number of amidine groups is 1. The van der Waals surface area contributed by atoms with E-state index in [4.69, 9.17) is 22.1 Å². The third-order valence-electron chi connectivity index (χ3n) is 4.21. The molecule has 10 nitrogen and oxygen atoms in total. The van der Waals surface area contributed by atoms with Crippen molar-refractivity contribution < 1.29 is 9.84 Å². The van der Waals surface area contributed by atoms with Gasteiger partial charge in [0.05, 0.1) is 6.61 Å². The summed E-state index contributed by atoms with van der Waals surface area (Å²) in [4.78, 5) is 27.6. The third-order valence-corrected chi connectivity index (χ3v) is 5.32. The topological polar surface area (TPSA) is 122 Å². The summed E-state index contributed by atoms with van der Waals surface area (Å²) in [6.45, 7) is 2.04. The van der Waals surface area contributed by atoms with Gasteiger partial charge in [-0.15, -0.1) is 0 Å². The number of thiocarbonyl (C=S) groups is 1. The van der Waals surface area contributed by atoms with Crippen LogP contribution in [0.3, 0.4) is 0 Å². The van der Waals surface area contributed by atoms with Crippen LogP contribution in [0.1, 0.15) is 12.8 Å². The zero-order valence-corrected chi connectivity index (χ0v) is 22.2. The molecule has 0 fully saturated rings. The van der Waals surface area contributed by atoms with Crippen molar-refractivity contribution in [1.29, 1.82) is 0 Å². The number of aromatic nitrogens is 2. The highest BCUT2D eigenvalue weighted by molar-refractivity contribution is 9.10. The minimum atomic E-state index is -0.153. The second-order valence-corrected chi connectivity index (χ2v) is 9.19. The summed E-state index contributed by atoms with van der Waals surface area (Å²) in [5.74, 6) is 0. The van der Waals surface area contributed by atoms with Crippen LogP contribution in [0, 0.1) is 0 Å². The van der Waals surface area contributed by atoms with Crippen LogP contribution < -0.4 is 27.1 Å². The zero-order chi connectivity index (χ0) is 24.4. The predicted octanol–water partition coefficient (Wildman–Crippen LogP) is 2.15. The Labute approximate surface area is 213 Å². The molecule has 0 atom stereocenters. The minimum absolute atomic E-state index is 0.105. The first kappa shape index (κ1) is 27.0. The van der Waals surface area contributed by atoms with Gasteiger partial charge in [-0.2, -0.15) is 0 Å². The van der Waals surface area contributed by atoms with Crippen LogP contribution in [0.25, 0.3) is 0 Å². The van der Waals surface area contributed by atoms with Crippen molar-refractivity contribution in [2.45, 2.75) is 12.8 Å². The number of hydrogen-bond donors (Lipinski definition) is 4. The van der Waals surface area contributed by atoms with Gasteiger partial charge in [-0.1, -0.05) is 0 Å². The van der Waals surface area contributed by atoms with E-state index < -0.39 is 0 Å². The van der Waals surface area contributed by atoms with E-state index in [2.05, 4.69) is 52.8 Å². The molecule has 0 amide bonds. The summed E-state index contributed by atoms with van der Waals surface area (Å²) < 4.78 is 9.87. The Kier molecular flexibility index (Phi) is 11.0. The van der Waals surface area contributed by atoms with Crippen molar-refractivity contribution in [1.82, 2.24) is 14.5 Å². The minimum Gasteiger partial charge on any atom is -0.465 e. The zero-order valence-electron chi connectivity index (χ0n) is 18.2.